The summed E-state index contributed by atoms with van der Waals surface area (Å²) in [6, 6.07) is 6.98. The lowest BCUT2D eigenvalue weighted by Gasteiger charge is -2.38. The largest absolute Gasteiger partial charge is 0.394 e. The molecule has 3 N–H and O–H groups in total. The highest BCUT2D eigenvalue weighted by molar-refractivity contribution is 5.74. The van der Waals surface area contributed by atoms with Crippen LogP contribution in [0.25, 0.3) is 0 Å². The van der Waals surface area contributed by atoms with Crippen molar-refractivity contribution in [3.63, 3.8) is 0 Å². The van der Waals surface area contributed by atoms with Crippen LogP contribution in [0.4, 0.5) is 8.78 Å². The molecule has 0 aromatic heterocycles. The van der Waals surface area contributed by atoms with Crippen LogP contribution >= 0.6 is 0 Å². The number of unbranched alkanes of at least 4 members (excludes halogenated alkanes) is 5. The van der Waals surface area contributed by atoms with Crippen LogP contribution in [-0.2, 0) is 17.6 Å². The predicted octanol–water partition coefficient (Wildman–Crippen LogP) is 3.63. The van der Waals surface area contributed by atoms with Crippen molar-refractivity contribution in [2.45, 2.75) is 76.7 Å². The van der Waals surface area contributed by atoms with Gasteiger partial charge in [-0.15, -0.1) is 0 Å². The number of halogens is 2. The molecule has 1 aromatic carbocycles. The average Bonchev–Trinajstić information content (AvgIpc) is 2.63. The molecule has 1 aromatic rings. The van der Waals surface area contributed by atoms with Gasteiger partial charge < -0.3 is 15.5 Å². The second kappa shape index (κ2) is 11.3. The summed E-state index contributed by atoms with van der Waals surface area (Å²) in [5, 5.41) is 20.8. The van der Waals surface area contributed by atoms with E-state index in [4.69, 9.17) is 0 Å². The molecule has 1 rings (SSSR count). The van der Waals surface area contributed by atoms with Gasteiger partial charge >= 0.3 is 0 Å². The molecule has 0 unspecified atom stereocenters. The molecule has 154 valence electrons. The van der Waals surface area contributed by atoms with Crippen molar-refractivity contribution >= 4 is 5.91 Å². The number of aliphatic hydroxyl groups excluding tert-OH is 2. The van der Waals surface area contributed by atoms with Crippen LogP contribution in [0, 0.1) is 0 Å². The van der Waals surface area contributed by atoms with Gasteiger partial charge in [-0.1, -0.05) is 63.3 Å². The number of carbonyl (C=O) groups excluding carboxylic acids is 1. The summed E-state index contributed by atoms with van der Waals surface area (Å²) in [6.07, 6.45) is 7.48. The van der Waals surface area contributed by atoms with Gasteiger partial charge in [0.1, 0.15) is 0 Å². The van der Waals surface area contributed by atoms with E-state index in [1.807, 2.05) is 17.4 Å². The summed E-state index contributed by atoms with van der Waals surface area (Å²) >= 11 is 0. The van der Waals surface area contributed by atoms with E-state index in [-0.39, 0.29) is 0 Å². The number of benzene rings is 1. The lowest BCUT2D eigenvalue weighted by Crippen LogP contribution is -2.65. The van der Waals surface area contributed by atoms with Crippen LogP contribution in [0.15, 0.2) is 24.3 Å². The van der Waals surface area contributed by atoms with E-state index in [1.54, 1.807) is 12.1 Å². The van der Waals surface area contributed by atoms with Crippen LogP contribution in [0.3, 0.4) is 0 Å². The zero-order valence-corrected chi connectivity index (χ0v) is 16.4. The molecule has 0 heterocycles. The Kier molecular flexibility index (Phi) is 9.88. The summed E-state index contributed by atoms with van der Waals surface area (Å²) in [5.74, 6) is -4.23. The molecular formula is C21H33F2NO3. The maximum atomic E-state index is 14.7. The third-order valence-corrected chi connectivity index (χ3v) is 4.92. The van der Waals surface area contributed by atoms with E-state index in [0.29, 0.717) is 5.56 Å². The number of amides is 1. The van der Waals surface area contributed by atoms with Crippen LogP contribution in [0.1, 0.15) is 63.5 Å². The minimum absolute atomic E-state index is 0.392. The maximum absolute atomic E-state index is 14.7. The van der Waals surface area contributed by atoms with Gasteiger partial charge in [-0.2, -0.15) is 0 Å². The molecule has 0 bridgehead atoms. The van der Waals surface area contributed by atoms with E-state index in [9.17, 15) is 23.8 Å². The smallest absolute Gasteiger partial charge is 0.279 e. The lowest BCUT2D eigenvalue weighted by molar-refractivity contribution is -0.146. The Bertz CT molecular complexity index is 557. The number of hydrogen-bond acceptors (Lipinski definition) is 3. The van der Waals surface area contributed by atoms with E-state index in [1.165, 1.54) is 32.1 Å². The van der Waals surface area contributed by atoms with Crippen molar-refractivity contribution in [1.82, 2.24) is 5.32 Å². The number of carbonyl (C=O) groups is 1. The normalized spacial score (nSPS) is 12.2. The minimum Gasteiger partial charge on any atom is -0.394 e. The first-order valence-corrected chi connectivity index (χ1v) is 9.76. The van der Waals surface area contributed by atoms with Crippen molar-refractivity contribution in [3.05, 3.63) is 35.4 Å². The Morgan fingerprint density at radius 1 is 0.963 bits per heavy atom. The highest BCUT2D eigenvalue weighted by Gasteiger charge is 2.53. The van der Waals surface area contributed by atoms with Crippen molar-refractivity contribution < 1.29 is 23.8 Å². The van der Waals surface area contributed by atoms with Crippen LogP contribution in [-0.4, -0.2) is 40.8 Å². The highest BCUT2D eigenvalue weighted by Crippen LogP contribution is 2.32. The van der Waals surface area contributed by atoms with Gasteiger partial charge in [-0.05, 0) is 24.0 Å². The molecule has 0 aliphatic carbocycles. The standard InChI is InChI=1S/C21H33F2NO3/c1-3-4-5-6-7-8-9-18-10-12-19(13-11-18)14-21(22,23)20(15-25,16-26)24-17(2)27/h10-13,25-26H,3-9,14-16H2,1-2H3,(H,24,27). The van der Waals surface area contributed by atoms with Crippen molar-refractivity contribution in [3.8, 4) is 0 Å². The minimum atomic E-state index is -3.50. The van der Waals surface area contributed by atoms with Gasteiger partial charge in [-0.25, -0.2) is 8.78 Å². The molecule has 6 heteroatoms. The number of aryl methyl sites for hydroxylation is 1. The predicted molar refractivity (Wildman–Crippen MR) is 103 cm³/mol. The maximum Gasteiger partial charge on any atom is 0.279 e. The van der Waals surface area contributed by atoms with E-state index < -0.39 is 37.0 Å². The average molecular weight is 385 g/mol. The summed E-state index contributed by atoms with van der Waals surface area (Å²) in [6.45, 7) is 1.16. The molecule has 27 heavy (non-hydrogen) atoms. The number of aliphatic hydroxyl groups is 2. The number of hydrogen-bond donors (Lipinski definition) is 3. The fourth-order valence-electron chi connectivity index (χ4n) is 3.15. The molecule has 0 aliphatic rings. The molecular weight excluding hydrogens is 352 g/mol. The Balaban J connectivity index is 2.65. The zero-order valence-electron chi connectivity index (χ0n) is 16.4. The molecule has 0 spiro atoms. The summed E-state index contributed by atoms with van der Waals surface area (Å²) in [4.78, 5) is 11.2. The van der Waals surface area contributed by atoms with E-state index >= 15 is 0 Å². The van der Waals surface area contributed by atoms with Gasteiger partial charge in [0, 0.05) is 13.3 Å². The third-order valence-electron chi connectivity index (χ3n) is 4.92. The number of rotatable bonds is 13. The first-order valence-electron chi connectivity index (χ1n) is 9.76. The molecule has 1 amide bonds. The second-order valence-corrected chi connectivity index (χ2v) is 7.30. The molecule has 0 atom stereocenters. The SMILES string of the molecule is CCCCCCCCc1ccc(CC(F)(F)C(CO)(CO)NC(C)=O)cc1. The van der Waals surface area contributed by atoms with Crippen molar-refractivity contribution in [1.29, 1.82) is 0 Å². The fraction of sp³-hybridized carbons (Fsp3) is 0.667. The summed E-state index contributed by atoms with van der Waals surface area (Å²) < 4.78 is 29.4. The van der Waals surface area contributed by atoms with Crippen molar-refractivity contribution in [2.24, 2.45) is 0 Å². The Labute approximate surface area is 161 Å². The van der Waals surface area contributed by atoms with E-state index in [0.717, 1.165) is 25.3 Å². The first-order chi connectivity index (χ1) is 12.8. The highest BCUT2D eigenvalue weighted by atomic mass is 19.3. The van der Waals surface area contributed by atoms with Gasteiger partial charge in [0.15, 0.2) is 5.54 Å². The second-order valence-electron chi connectivity index (χ2n) is 7.30. The fourth-order valence-corrected chi connectivity index (χ4v) is 3.15. The number of nitrogens with one attached hydrogen (secondary N) is 1. The lowest BCUT2D eigenvalue weighted by atomic mass is 9.87. The monoisotopic (exact) mass is 385 g/mol. The summed E-state index contributed by atoms with van der Waals surface area (Å²) in [5.41, 5.74) is -0.881. The van der Waals surface area contributed by atoms with Gasteiger partial charge in [0.2, 0.25) is 5.91 Å². The molecule has 0 saturated heterocycles. The first kappa shape index (κ1) is 23.5. The van der Waals surface area contributed by atoms with Gasteiger partial charge in [0.05, 0.1) is 13.2 Å². The summed E-state index contributed by atoms with van der Waals surface area (Å²) in [7, 11) is 0. The molecule has 0 radical (unpaired) electrons. The van der Waals surface area contributed by atoms with Crippen LogP contribution < -0.4 is 5.32 Å². The zero-order chi connectivity index (χ0) is 20.3. The quantitative estimate of drug-likeness (QED) is 0.454. The molecule has 0 fully saturated rings. The molecule has 4 nitrogen and oxygen atoms in total. The Hall–Kier alpha value is -1.53. The van der Waals surface area contributed by atoms with Crippen molar-refractivity contribution in [2.75, 3.05) is 13.2 Å². The third kappa shape index (κ3) is 7.18. The topological polar surface area (TPSA) is 69.6 Å². The number of alkyl halides is 2. The Morgan fingerprint density at radius 2 is 1.48 bits per heavy atom. The Morgan fingerprint density at radius 3 is 2.00 bits per heavy atom. The molecule has 0 saturated carbocycles. The van der Waals surface area contributed by atoms with E-state index in [2.05, 4.69) is 6.92 Å². The van der Waals surface area contributed by atoms with Gasteiger partial charge in [0.25, 0.3) is 5.92 Å². The van der Waals surface area contributed by atoms with Crippen LogP contribution in [0.2, 0.25) is 0 Å². The molecule has 0 aliphatic heterocycles. The van der Waals surface area contributed by atoms with Crippen LogP contribution in [0.5, 0.6) is 0 Å². The van der Waals surface area contributed by atoms with Gasteiger partial charge in [-0.3, -0.25) is 4.79 Å².